The van der Waals surface area contributed by atoms with Crippen molar-refractivity contribution in [3.8, 4) is 5.75 Å². The Morgan fingerprint density at radius 3 is 2.42 bits per heavy atom. The van der Waals surface area contributed by atoms with Crippen molar-refractivity contribution in [1.29, 1.82) is 0 Å². The molecular weight excluding hydrogens is 318 g/mol. The first-order chi connectivity index (χ1) is 11.5. The van der Waals surface area contributed by atoms with E-state index in [1.807, 2.05) is 31.3 Å². The number of ether oxygens (including phenoxy) is 1. The Labute approximate surface area is 148 Å². The van der Waals surface area contributed by atoms with Crippen LogP contribution >= 0.6 is 11.3 Å². The van der Waals surface area contributed by atoms with Crippen molar-refractivity contribution in [3.63, 3.8) is 0 Å². The molecule has 3 nitrogen and oxygen atoms in total. The minimum atomic E-state index is 0.0426. The number of hydrogen-bond acceptors (Lipinski definition) is 3. The molecule has 1 atom stereocenters. The van der Waals surface area contributed by atoms with Gasteiger partial charge in [0.15, 0.2) is 0 Å². The fourth-order valence-corrected chi connectivity index (χ4v) is 4.10. The van der Waals surface area contributed by atoms with Gasteiger partial charge in [-0.25, -0.2) is 0 Å². The zero-order valence-corrected chi connectivity index (χ0v) is 15.4. The maximum Gasteiger partial charge on any atom is 0.254 e. The topological polar surface area (TPSA) is 29.5 Å². The predicted molar refractivity (Wildman–Crippen MR) is 98.9 cm³/mol. The summed E-state index contributed by atoms with van der Waals surface area (Å²) in [5.74, 6) is 0.906. The van der Waals surface area contributed by atoms with E-state index in [-0.39, 0.29) is 11.9 Å². The molecule has 1 fully saturated rings. The lowest BCUT2D eigenvalue weighted by Crippen LogP contribution is -2.29. The third-order valence-electron chi connectivity index (χ3n) is 4.78. The average molecular weight is 343 g/mol. The van der Waals surface area contributed by atoms with Gasteiger partial charge >= 0.3 is 0 Å². The SMILES string of the molecule is Cc1ccc(C(C)N(C)C(=O)c2ccc(OC3CCCC3)cc2)s1. The van der Waals surface area contributed by atoms with Crippen LogP contribution in [0, 0.1) is 6.92 Å². The highest BCUT2D eigenvalue weighted by Crippen LogP contribution is 2.28. The molecule has 4 heteroatoms. The van der Waals surface area contributed by atoms with Gasteiger partial charge in [-0.15, -0.1) is 11.3 Å². The number of aryl methyl sites for hydroxylation is 1. The van der Waals surface area contributed by atoms with Crippen molar-refractivity contribution in [2.75, 3.05) is 7.05 Å². The number of amides is 1. The van der Waals surface area contributed by atoms with Crippen LogP contribution in [0.2, 0.25) is 0 Å². The predicted octanol–water partition coefficient (Wildman–Crippen LogP) is 5.21. The standard InChI is InChI=1S/C20H25NO2S/c1-14-8-13-19(24-14)15(2)21(3)20(22)16-9-11-18(12-10-16)23-17-6-4-5-7-17/h8-13,15,17H,4-7H2,1-3H3. The van der Waals surface area contributed by atoms with Gasteiger partial charge in [-0.1, -0.05) is 0 Å². The maximum atomic E-state index is 12.7. The van der Waals surface area contributed by atoms with Crippen LogP contribution in [0.15, 0.2) is 36.4 Å². The van der Waals surface area contributed by atoms with Crippen LogP contribution < -0.4 is 4.74 Å². The lowest BCUT2D eigenvalue weighted by molar-refractivity contribution is 0.0745. The summed E-state index contributed by atoms with van der Waals surface area (Å²) >= 11 is 1.74. The molecule has 1 aliphatic rings. The first-order valence-corrected chi connectivity index (χ1v) is 9.46. The molecule has 0 radical (unpaired) electrons. The van der Waals surface area contributed by atoms with Gasteiger partial charge in [0.1, 0.15) is 5.75 Å². The van der Waals surface area contributed by atoms with Gasteiger partial charge in [0, 0.05) is 22.4 Å². The monoisotopic (exact) mass is 343 g/mol. The van der Waals surface area contributed by atoms with Crippen LogP contribution in [-0.4, -0.2) is 24.0 Å². The number of rotatable bonds is 5. The highest BCUT2D eigenvalue weighted by Gasteiger charge is 2.21. The highest BCUT2D eigenvalue weighted by atomic mass is 32.1. The third-order valence-corrected chi connectivity index (χ3v) is 5.95. The van der Waals surface area contributed by atoms with Crippen LogP contribution in [0.4, 0.5) is 0 Å². The first-order valence-electron chi connectivity index (χ1n) is 8.65. The van der Waals surface area contributed by atoms with Crippen LogP contribution in [0.25, 0.3) is 0 Å². The summed E-state index contributed by atoms with van der Waals surface area (Å²) in [6.07, 6.45) is 5.14. The van der Waals surface area contributed by atoms with Crippen LogP contribution in [-0.2, 0) is 0 Å². The molecule has 0 saturated heterocycles. The maximum absolute atomic E-state index is 12.7. The van der Waals surface area contributed by atoms with Crippen LogP contribution in [0.5, 0.6) is 5.75 Å². The van der Waals surface area contributed by atoms with Crippen molar-refractivity contribution in [2.45, 2.75) is 51.7 Å². The second kappa shape index (κ2) is 7.39. The van der Waals surface area contributed by atoms with Gasteiger partial charge in [-0.05, 0) is 75.9 Å². The van der Waals surface area contributed by atoms with Crippen LogP contribution in [0.1, 0.15) is 58.8 Å². The summed E-state index contributed by atoms with van der Waals surface area (Å²) in [5.41, 5.74) is 0.705. The van der Waals surface area contributed by atoms with E-state index in [9.17, 15) is 4.79 Å². The second-order valence-electron chi connectivity index (χ2n) is 6.59. The van der Waals surface area contributed by atoms with E-state index < -0.39 is 0 Å². The number of nitrogens with zero attached hydrogens (tertiary/aromatic N) is 1. The number of benzene rings is 1. The molecule has 1 unspecified atom stereocenters. The Morgan fingerprint density at radius 2 is 1.83 bits per heavy atom. The summed E-state index contributed by atoms with van der Waals surface area (Å²) in [7, 11) is 1.87. The number of thiophene rings is 1. The molecule has 0 aliphatic heterocycles. The highest BCUT2D eigenvalue weighted by molar-refractivity contribution is 7.12. The molecule has 1 saturated carbocycles. The summed E-state index contributed by atoms with van der Waals surface area (Å²) in [5, 5.41) is 0. The molecule has 0 N–H and O–H groups in total. The molecule has 2 aromatic rings. The fraction of sp³-hybridized carbons (Fsp3) is 0.450. The molecule has 1 amide bonds. The Balaban J connectivity index is 1.65. The zero-order chi connectivity index (χ0) is 17.1. The van der Waals surface area contributed by atoms with E-state index in [1.54, 1.807) is 16.2 Å². The lowest BCUT2D eigenvalue weighted by Gasteiger charge is -2.24. The lowest BCUT2D eigenvalue weighted by atomic mass is 10.1. The molecule has 1 aromatic heterocycles. The Hall–Kier alpha value is -1.81. The quantitative estimate of drug-likeness (QED) is 0.746. The van der Waals surface area contributed by atoms with E-state index >= 15 is 0 Å². The Kier molecular flexibility index (Phi) is 5.24. The summed E-state index contributed by atoms with van der Waals surface area (Å²) in [6, 6.07) is 11.9. The van der Waals surface area contributed by atoms with Crippen LogP contribution in [0.3, 0.4) is 0 Å². The van der Waals surface area contributed by atoms with E-state index in [0.29, 0.717) is 11.7 Å². The second-order valence-corrected chi connectivity index (χ2v) is 7.91. The first kappa shape index (κ1) is 17.0. The molecule has 0 spiro atoms. The van der Waals surface area contributed by atoms with Crippen molar-refractivity contribution in [1.82, 2.24) is 4.90 Å². The Morgan fingerprint density at radius 1 is 1.17 bits per heavy atom. The van der Waals surface area contributed by atoms with Crippen molar-refractivity contribution < 1.29 is 9.53 Å². The van der Waals surface area contributed by atoms with Crippen molar-refractivity contribution >= 4 is 17.2 Å². The average Bonchev–Trinajstić information content (AvgIpc) is 3.25. The molecular formula is C20H25NO2S. The molecule has 128 valence electrons. The smallest absolute Gasteiger partial charge is 0.254 e. The zero-order valence-electron chi connectivity index (χ0n) is 14.6. The van der Waals surface area contributed by atoms with E-state index in [1.165, 1.54) is 22.6 Å². The Bertz CT molecular complexity index is 686. The molecule has 0 bridgehead atoms. The minimum Gasteiger partial charge on any atom is -0.490 e. The fourth-order valence-electron chi connectivity index (χ4n) is 3.12. The number of carbonyl (C=O) groups is 1. The number of carbonyl (C=O) groups excluding carboxylic acids is 1. The van der Waals surface area contributed by atoms with Crippen molar-refractivity contribution in [2.24, 2.45) is 0 Å². The van der Waals surface area contributed by atoms with E-state index in [0.717, 1.165) is 18.6 Å². The molecule has 3 rings (SSSR count). The summed E-state index contributed by atoms with van der Waals surface area (Å²) in [4.78, 5) is 17.0. The van der Waals surface area contributed by atoms with Gasteiger partial charge < -0.3 is 9.64 Å². The summed E-state index contributed by atoms with van der Waals surface area (Å²) in [6.45, 7) is 4.16. The molecule has 1 aliphatic carbocycles. The number of hydrogen-bond donors (Lipinski definition) is 0. The summed E-state index contributed by atoms with van der Waals surface area (Å²) < 4.78 is 5.97. The van der Waals surface area contributed by atoms with Gasteiger partial charge in [0.2, 0.25) is 0 Å². The third kappa shape index (κ3) is 3.81. The van der Waals surface area contributed by atoms with Gasteiger partial charge in [0.05, 0.1) is 12.1 Å². The molecule has 1 heterocycles. The van der Waals surface area contributed by atoms with E-state index in [4.69, 9.17) is 4.74 Å². The van der Waals surface area contributed by atoms with Gasteiger partial charge in [-0.2, -0.15) is 0 Å². The van der Waals surface area contributed by atoms with E-state index in [2.05, 4.69) is 26.0 Å². The van der Waals surface area contributed by atoms with Gasteiger partial charge in [0.25, 0.3) is 5.91 Å². The molecule has 24 heavy (non-hydrogen) atoms. The minimum absolute atomic E-state index is 0.0426. The normalized spacial score (nSPS) is 16.1. The van der Waals surface area contributed by atoms with Gasteiger partial charge in [-0.3, -0.25) is 4.79 Å². The largest absolute Gasteiger partial charge is 0.490 e. The molecule has 1 aromatic carbocycles. The van der Waals surface area contributed by atoms with Crippen molar-refractivity contribution in [3.05, 3.63) is 51.7 Å².